The molecule has 0 aliphatic carbocycles. The van der Waals surface area contributed by atoms with E-state index >= 15 is 0 Å². The highest BCUT2D eigenvalue weighted by atomic mass is 35.5. The number of ether oxygens (including phenoxy) is 1. The summed E-state index contributed by atoms with van der Waals surface area (Å²) < 4.78 is 18.4. The number of hydrogen-bond donors (Lipinski definition) is 2. The fraction of sp³-hybridized carbons (Fsp3) is 0. The van der Waals surface area contributed by atoms with Gasteiger partial charge in [-0.05, 0) is 18.2 Å². The van der Waals surface area contributed by atoms with Gasteiger partial charge in [0.1, 0.15) is 16.6 Å². The predicted octanol–water partition coefficient (Wildman–Crippen LogP) is 2.76. The highest BCUT2D eigenvalue weighted by Gasteiger charge is 2.13. The van der Waals surface area contributed by atoms with Crippen LogP contribution < -0.4 is 10.5 Å². The number of hydrogen-bond acceptors (Lipinski definition) is 4. The third kappa shape index (κ3) is 2.92. The standard InChI is InChI=1S/C12H9ClFN3O2/c13-10-9(11(15)17-18)4-5-16-12(10)19-8-3-1-2-7(14)6-8/h1-6,18H,(H2,15,17). The molecule has 0 aliphatic rings. The van der Waals surface area contributed by atoms with Crippen LogP contribution in [0.4, 0.5) is 4.39 Å². The minimum absolute atomic E-state index is 0.0383. The molecule has 0 amide bonds. The maximum absolute atomic E-state index is 13.0. The van der Waals surface area contributed by atoms with Crippen molar-refractivity contribution in [2.24, 2.45) is 10.9 Å². The molecule has 0 radical (unpaired) electrons. The van der Waals surface area contributed by atoms with Gasteiger partial charge >= 0.3 is 0 Å². The zero-order valence-corrected chi connectivity index (χ0v) is 10.3. The number of nitrogens with two attached hydrogens (primary N) is 1. The van der Waals surface area contributed by atoms with Crippen LogP contribution >= 0.6 is 11.6 Å². The Morgan fingerprint density at radius 3 is 2.89 bits per heavy atom. The van der Waals surface area contributed by atoms with E-state index in [0.717, 1.165) is 0 Å². The maximum Gasteiger partial charge on any atom is 0.238 e. The van der Waals surface area contributed by atoms with Gasteiger partial charge in [-0.25, -0.2) is 9.37 Å². The van der Waals surface area contributed by atoms with Crippen molar-refractivity contribution in [2.45, 2.75) is 0 Å². The van der Waals surface area contributed by atoms with Crippen molar-refractivity contribution in [3.63, 3.8) is 0 Å². The molecule has 1 aromatic heterocycles. The van der Waals surface area contributed by atoms with Gasteiger partial charge in [-0.3, -0.25) is 0 Å². The van der Waals surface area contributed by atoms with Gasteiger partial charge in [0.15, 0.2) is 5.84 Å². The highest BCUT2D eigenvalue weighted by molar-refractivity contribution is 6.35. The quantitative estimate of drug-likeness (QED) is 0.392. The molecule has 3 N–H and O–H groups in total. The molecule has 5 nitrogen and oxygen atoms in total. The number of amidine groups is 1. The number of nitrogens with zero attached hydrogens (tertiary/aromatic N) is 2. The Morgan fingerprint density at radius 1 is 1.42 bits per heavy atom. The first-order valence-electron chi connectivity index (χ1n) is 5.17. The van der Waals surface area contributed by atoms with Crippen LogP contribution in [0.1, 0.15) is 5.56 Å². The number of halogens is 2. The molecular formula is C12H9ClFN3O2. The molecule has 1 heterocycles. The van der Waals surface area contributed by atoms with Crippen molar-refractivity contribution in [1.82, 2.24) is 4.98 Å². The van der Waals surface area contributed by atoms with Crippen molar-refractivity contribution < 1.29 is 14.3 Å². The highest BCUT2D eigenvalue weighted by Crippen LogP contribution is 2.29. The summed E-state index contributed by atoms with van der Waals surface area (Å²) in [6.07, 6.45) is 1.38. The SMILES string of the molecule is N/C(=N/O)c1ccnc(Oc2cccc(F)c2)c1Cl. The van der Waals surface area contributed by atoms with Crippen molar-refractivity contribution >= 4 is 17.4 Å². The smallest absolute Gasteiger partial charge is 0.238 e. The molecular weight excluding hydrogens is 273 g/mol. The van der Waals surface area contributed by atoms with Crippen LogP contribution in [0, 0.1) is 5.82 Å². The number of benzene rings is 1. The Kier molecular flexibility index (Phi) is 3.82. The van der Waals surface area contributed by atoms with Gasteiger partial charge in [0.05, 0.1) is 0 Å². The van der Waals surface area contributed by atoms with E-state index in [0.29, 0.717) is 0 Å². The zero-order valence-electron chi connectivity index (χ0n) is 9.55. The average Bonchev–Trinajstić information content (AvgIpc) is 2.40. The van der Waals surface area contributed by atoms with Crippen LogP contribution in [0.15, 0.2) is 41.7 Å². The molecule has 0 unspecified atom stereocenters. The van der Waals surface area contributed by atoms with Crippen molar-refractivity contribution in [1.29, 1.82) is 0 Å². The summed E-state index contributed by atoms with van der Waals surface area (Å²) in [5.41, 5.74) is 5.72. The second-order valence-electron chi connectivity index (χ2n) is 3.52. The second-order valence-corrected chi connectivity index (χ2v) is 3.90. The van der Waals surface area contributed by atoms with Gasteiger partial charge in [-0.15, -0.1) is 0 Å². The molecule has 7 heteroatoms. The van der Waals surface area contributed by atoms with Gasteiger partial charge in [0.25, 0.3) is 0 Å². The fourth-order valence-corrected chi connectivity index (χ4v) is 1.64. The van der Waals surface area contributed by atoms with E-state index < -0.39 is 5.82 Å². The normalized spacial score (nSPS) is 11.4. The van der Waals surface area contributed by atoms with Crippen LogP contribution in [-0.2, 0) is 0 Å². The Hall–Kier alpha value is -2.34. The molecule has 0 saturated carbocycles. The van der Waals surface area contributed by atoms with Crippen LogP contribution in [0.3, 0.4) is 0 Å². The van der Waals surface area contributed by atoms with E-state index in [1.54, 1.807) is 6.07 Å². The number of oxime groups is 1. The molecule has 0 aliphatic heterocycles. The summed E-state index contributed by atoms with van der Waals surface area (Å²) in [5, 5.41) is 11.5. The van der Waals surface area contributed by atoms with Crippen LogP contribution in [0.2, 0.25) is 5.02 Å². The lowest BCUT2D eigenvalue weighted by molar-refractivity contribution is 0.318. The lowest BCUT2D eigenvalue weighted by atomic mass is 10.2. The monoisotopic (exact) mass is 281 g/mol. The summed E-state index contributed by atoms with van der Waals surface area (Å²) >= 11 is 6.02. The topological polar surface area (TPSA) is 80.7 Å². The van der Waals surface area contributed by atoms with Crippen molar-refractivity contribution in [2.75, 3.05) is 0 Å². The summed E-state index contributed by atoms with van der Waals surface area (Å²) in [6.45, 7) is 0. The minimum atomic E-state index is -0.443. The summed E-state index contributed by atoms with van der Waals surface area (Å²) in [7, 11) is 0. The van der Waals surface area contributed by atoms with Crippen LogP contribution in [0.5, 0.6) is 11.6 Å². The summed E-state index contributed by atoms with van der Waals surface area (Å²) in [5.74, 6) is -0.333. The van der Waals surface area contributed by atoms with Crippen molar-refractivity contribution in [3.8, 4) is 11.6 Å². The average molecular weight is 282 g/mol. The van der Waals surface area contributed by atoms with Gasteiger partial charge < -0.3 is 15.7 Å². The molecule has 0 spiro atoms. The Bertz CT molecular complexity index is 634. The van der Waals surface area contributed by atoms with Crippen molar-refractivity contribution in [3.05, 3.63) is 52.9 Å². The molecule has 1 aromatic carbocycles. The van der Waals surface area contributed by atoms with E-state index in [-0.39, 0.29) is 28.1 Å². The van der Waals surface area contributed by atoms with Crippen LogP contribution in [0.25, 0.3) is 0 Å². The molecule has 2 rings (SSSR count). The third-order valence-electron chi connectivity index (χ3n) is 2.25. The first-order chi connectivity index (χ1) is 9.11. The number of rotatable bonds is 3. The van der Waals surface area contributed by atoms with Gasteiger partial charge in [-0.1, -0.05) is 22.8 Å². The van der Waals surface area contributed by atoms with E-state index in [2.05, 4.69) is 10.1 Å². The van der Waals surface area contributed by atoms with E-state index in [1.807, 2.05) is 0 Å². The predicted molar refractivity (Wildman–Crippen MR) is 68.2 cm³/mol. The fourth-order valence-electron chi connectivity index (χ4n) is 1.39. The zero-order chi connectivity index (χ0) is 13.8. The maximum atomic E-state index is 13.0. The van der Waals surface area contributed by atoms with E-state index in [1.165, 1.54) is 30.5 Å². The first-order valence-corrected chi connectivity index (χ1v) is 5.55. The summed E-state index contributed by atoms with van der Waals surface area (Å²) in [4.78, 5) is 3.91. The Labute approximate surface area is 113 Å². The molecule has 0 fully saturated rings. The third-order valence-corrected chi connectivity index (χ3v) is 2.62. The second kappa shape index (κ2) is 5.53. The largest absolute Gasteiger partial charge is 0.437 e. The van der Waals surface area contributed by atoms with Gasteiger partial charge in [0.2, 0.25) is 5.88 Å². The Balaban J connectivity index is 2.36. The number of aromatic nitrogens is 1. The van der Waals surface area contributed by atoms with Gasteiger partial charge in [0, 0.05) is 17.8 Å². The lowest BCUT2D eigenvalue weighted by Gasteiger charge is -2.08. The number of pyridine rings is 1. The molecule has 98 valence electrons. The molecule has 19 heavy (non-hydrogen) atoms. The van der Waals surface area contributed by atoms with Crippen LogP contribution in [-0.4, -0.2) is 16.0 Å². The lowest BCUT2D eigenvalue weighted by Crippen LogP contribution is -2.14. The molecule has 0 saturated heterocycles. The minimum Gasteiger partial charge on any atom is -0.437 e. The Morgan fingerprint density at radius 2 is 2.21 bits per heavy atom. The van der Waals surface area contributed by atoms with E-state index in [4.69, 9.17) is 27.3 Å². The van der Waals surface area contributed by atoms with Gasteiger partial charge in [-0.2, -0.15) is 0 Å². The molecule has 0 atom stereocenters. The molecule has 0 bridgehead atoms. The van der Waals surface area contributed by atoms with E-state index in [9.17, 15) is 4.39 Å². The molecule has 2 aromatic rings. The first kappa shape index (κ1) is 13.1. The summed E-state index contributed by atoms with van der Waals surface area (Å²) in [6, 6.07) is 6.99.